The summed E-state index contributed by atoms with van der Waals surface area (Å²) in [5.41, 5.74) is 0.274. The van der Waals surface area contributed by atoms with E-state index in [4.69, 9.17) is 27.9 Å². The number of halogens is 2. The van der Waals surface area contributed by atoms with Gasteiger partial charge in [-0.15, -0.1) is 12.6 Å². The third-order valence-electron chi connectivity index (χ3n) is 1.50. The lowest BCUT2D eigenvalue weighted by Gasteiger charge is -2.06. The minimum atomic E-state index is -0.422. The molecule has 0 fully saturated rings. The molecule has 0 amide bonds. The van der Waals surface area contributed by atoms with E-state index in [0.29, 0.717) is 5.75 Å². The minimum Gasteiger partial charge on any atom is -0.495 e. The Balaban J connectivity index is 3.31. The van der Waals surface area contributed by atoms with Gasteiger partial charge in [0.15, 0.2) is 0 Å². The molecule has 0 heterocycles. The summed E-state index contributed by atoms with van der Waals surface area (Å²) < 4.78 is 4.91. The first-order chi connectivity index (χ1) is 6.07. The molecule has 0 aliphatic heterocycles. The first-order valence-corrected chi connectivity index (χ1v) is 4.53. The van der Waals surface area contributed by atoms with E-state index in [1.165, 1.54) is 13.2 Å². The Kier molecular flexibility index (Phi) is 3.47. The Hall–Kier alpha value is -0.380. The number of rotatable bonds is 2. The molecule has 1 aromatic carbocycles. The predicted molar refractivity (Wildman–Crippen MR) is 56.3 cm³/mol. The van der Waals surface area contributed by atoms with Crippen molar-refractivity contribution in [3.05, 3.63) is 27.7 Å². The van der Waals surface area contributed by atoms with E-state index in [2.05, 4.69) is 12.6 Å². The number of carbonyl (C=O) groups excluding carboxylic acids is 1. The summed E-state index contributed by atoms with van der Waals surface area (Å²) in [6.07, 6.45) is 0. The molecule has 0 saturated heterocycles. The van der Waals surface area contributed by atoms with Crippen LogP contribution in [0, 0.1) is 0 Å². The third-order valence-corrected chi connectivity index (χ3v) is 2.60. The van der Waals surface area contributed by atoms with E-state index in [0.717, 1.165) is 0 Å². The van der Waals surface area contributed by atoms with E-state index < -0.39 is 5.12 Å². The van der Waals surface area contributed by atoms with Crippen LogP contribution in [-0.2, 0) is 0 Å². The van der Waals surface area contributed by atoms with E-state index in [1.54, 1.807) is 6.07 Å². The zero-order valence-electron chi connectivity index (χ0n) is 6.67. The van der Waals surface area contributed by atoms with Gasteiger partial charge in [-0.1, -0.05) is 23.2 Å². The van der Waals surface area contributed by atoms with Crippen LogP contribution >= 0.6 is 35.8 Å². The molecular weight excluding hydrogens is 231 g/mol. The van der Waals surface area contributed by atoms with Gasteiger partial charge in [0.05, 0.1) is 12.1 Å². The molecule has 70 valence electrons. The van der Waals surface area contributed by atoms with Crippen molar-refractivity contribution in [2.45, 2.75) is 0 Å². The van der Waals surface area contributed by atoms with Crippen molar-refractivity contribution < 1.29 is 9.53 Å². The highest BCUT2D eigenvalue weighted by atomic mass is 35.5. The molecule has 0 aliphatic rings. The first-order valence-electron chi connectivity index (χ1n) is 3.33. The molecule has 1 rings (SSSR count). The molecule has 13 heavy (non-hydrogen) atoms. The molecule has 0 unspecified atom stereocenters. The highest BCUT2D eigenvalue weighted by Crippen LogP contribution is 2.34. The molecule has 0 N–H and O–H groups in total. The van der Waals surface area contributed by atoms with Crippen LogP contribution < -0.4 is 4.74 Å². The number of benzene rings is 1. The SMILES string of the molecule is COc1ccc(C(=O)S)c(Cl)c1Cl. The summed E-state index contributed by atoms with van der Waals surface area (Å²) >= 11 is 15.2. The highest BCUT2D eigenvalue weighted by Gasteiger charge is 2.13. The summed E-state index contributed by atoms with van der Waals surface area (Å²) in [4.78, 5) is 10.9. The molecule has 2 nitrogen and oxygen atoms in total. The lowest BCUT2D eigenvalue weighted by atomic mass is 10.2. The highest BCUT2D eigenvalue weighted by molar-refractivity contribution is 7.97. The zero-order chi connectivity index (χ0) is 10.0. The maximum atomic E-state index is 10.9. The van der Waals surface area contributed by atoms with Crippen LogP contribution in [0.3, 0.4) is 0 Å². The number of carbonyl (C=O) groups is 1. The normalized spacial score (nSPS) is 9.85. The molecule has 0 atom stereocenters. The average Bonchev–Trinajstić information content (AvgIpc) is 2.09. The summed E-state index contributed by atoms with van der Waals surface area (Å²) in [7, 11) is 1.47. The van der Waals surface area contributed by atoms with Crippen molar-refractivity contribution in [1.82, 2.24) is 0 Å². The maximum Gasteiger partial charge on any atom is 0.217 e. The van der Waals surface area contributed by atoms with E-state index in [9.17, 15) is 4.79 Å². The van der Waals surface area contributed by atoms with Gasteiger partial charge in [0.25, 0.3) is 0 Å². The smallest absolute Gasteiger partial charge is 0.217 e. The fraction of sp³-hybridized carbons (Fsp3) is 0.125. The largest absolute Gasteiger partial charge is 0.495 e. The number of ether oxygens (including phenoxy) is 1. The molecule has 0 radical (unpaired) electrons. The number of thiol groups is 1. The monoisotopic (exact) mass is 236 g/mol. The Morgan fingerprint density at radius 2 is 2.00 bits per heavy atom. The van der Waals surface area contributed by atoms with Crippen LogP contribution in [0.25, 0.3) is 0 Å². The second kappa shape index (κ2) is 4.22. The van der Waals surface area contributed by atoms with Crippen molar-refractivity contribution >= 4 is 40.9 Å². The van der Waals surface area contributed by atoms with Crippen molar-refractivity contribution in [3.63, 3.8) is 0 Å². The molecule has 0 aromatic heterocycles. The van der Waals surface area contributed by atoms with Gasteiger partial charge in [-0.3, -0.25) is 4.79 Å². The molecule has 1 aromatic rings. The Bertz CT molecular complexity index is 352. The topological polar surface area (TPSA) is 26.3 Å². The zero-order valence-corrected chi connectivity index (χ0v) is 9.08. The third kappa shape index (κ3) is 2.10. The predicted octanol–water partition coefficient (Wildman–Crippen LogP) is 3.07. The molecular formula is C8H6Cl2O2S. The van der Waals surface area contributed by atoms with Crippen LogP contribution in [0.2, 0.25) is 10.0 Å². The van der Waals surface area contributed by atoms with Gasteiger partial charge in [0.1, 0.15) is 10.8 Å². The average molecular weight is 237 g/mol. The number of methoxy groups -OCH3 is 1. The maximum absolute atomic E-state index is 10.9. The van der Waals surface area contributed by atoms with Gasteiger partial charge < -0.3 is 4.74 Å². The van der Waals surface area contributed by atoms with E-state index in [1.807, 2.05) is 0 Å². The van der Waals surface area contributed by atoms with Crippen LogP contribution in [-0.4, -0.2) is 12.2 Å². The van der Waals surface area contributed by atoms with Crippen LogP contribution in [0.15, 0.2) is 12.1 Å². The Labute approximate surface area is 91.2 Å². The first kappa shape index (κ1) is 10.7. The fourth-order valence-electron chi connectivity index (χ4n) is 0.855. The van der Waals surface area contributed by atoms with Gasteiger partial charge in [0, 0.05) is 5.56 Å². The van der Waals surface area contributed by atoms with E-state index in [-0.39, 0.29) is 15.6 Å². The molecule has 0 spiro atoms. The van der Waals surface area contributed by atoms with Crippen molar-refractivity contribution in [2.24, 2.45) is 0 Å². The lowest BCUT2D eigenvalue weighted by Crippen LogP contribution is -1.93. The number of hydrogen-bond acceptors (Lipinski definition) is 2. The summed E-state index contributed by atoms with van der Waals surface area (Å²) in [6, 6.07) is 3.08. The second-order valence-electron chi connectivity index (χ2n) is 2.25. The molecule has 5 heteroatoms. The standard InChI is InChI=1S/C8H6Cl2O2S/c1-12-5-3-2-4(8(11)13)6(9)7(5)10/h2-3H,1H3,(H,11,13). The fourth-order valence-corrected chi connectivity index (χ4v) is 1.59. The van der Waals surface area contributed by atoms with Crippen molar-refractivity contribution in [3.8, 4) is 5.75 Å². The van der Waals surface area contributed by atoms with Gasteiger partial charge >= 0.3 is 0 Å². The van der Waals surface area contributed by atoms with Crippen molar-refractivity contribution in [1.29, 1.82) is 0 Å². The molecule has 0 saturated carbocycles. The van der Waals surface area contributed by atoms with Gasteiger partial charge in [-0.25, -0.2) is 0 Å². The molecule has 0 aliphatic carbocycles. The summed E-state index contributed by atoms with van der Waals surface area (Å²) in [5.74, 6) is 0.435. The van der Waals surface area contributed by atoms with Gasteiger partial charge in [0.2, 0.25) is 5.12 Å². The minimum absolute atomic E-state index is 0.168. The quantitative estimate of drug-likeness (QED) is 0.800. The Morgan fingerprint density at radius 3 is 2.46 bits per heavy atom. The second-order valence-corrected chi connectivity index (χ2v) is 3.41. The summed E-state index contributed by atoms with van der Waals surface area (Å²) in [6.45, 7) is 0. The van der Waals surface area contributed by atoms with Crippen LogP contribution in [0.5, 0.6) is 5.75 Å². The van der Waals surface area contributed by atoms with Crippen molar-refractivity contribution in [2.75, 3.05) is 7.11 Å². The van der Waals surface area contributed by atoms with Crippen LogP contribution in [0.4, 0.5) is 0 Å². The van der Waals surface area contributed by atoms with Gasteiger partial charge in [-0.2, -0.15) is 0 Å². The molecule has 0 bridgehead atoms. The van der Waals surface area contributed by atoms with Crippen LogP contribution in [0.1, 0.15) is 10.4 Å². The Morgan fingerprint density at radius 1 is 1.38 bits per heavy atom. The lowest BCUT2D eigenvalue weighted by molar-refractivity contribution is 0.109. The number of hydrogen-bond donors (Lipinski definition) is 1. The van der Waals surface area contributed by atoms with E-state index >= 15 is 0 Å². The summed E-state index contributed by atoms with van der Waals surface area (Å²) in [5, 5.41) is -0.0281. The van der Waals surface area contributed by atoms with Gasteiger partial charge in [-0.05, 0) is 12.1 Å².